The SMILES string of the molecule is CC(C)(C)CNCc1ccc(Cl)c([N+](=O)[O-])c1. The van der Waals surface area contributed by atoms with E-state index in [1.54, 1.807) is 12.1 Å². The van der Waals surface area contributed by atoms with Crippen LogP contribution in [0.4, 0.5) is 5.69 Å². The fraction of sp³-hybridized carbons (Fsp3) is 0.500. The lowest BCUT2D eigenvalue weighted by Crippen LogP contribution is -2.26. The predicted molar refractivity (Wildman–Crippen MR) is 69.3 cm³/mol. The molecule has 0 aliphatic rings. The number of hydrogen-bond acceptors (Lipinski definition) is 3. The zero-order chi connectivity index (χ0) is 13.1. The van der Waals surface area contributed by atoms with E-state index in [9.17, 15) is 10.1 Å². The van der Waals surface area contributed by atoms with Crippen LogP contribution in [0.25, 0.3) is 0 Å². The lowest BCUT2D eigenvalue weighted by atomic mass is 9.97. The number of nitrogens with one attached hydrogen (secondary N) is 1. The Morgan fingerprint density at radius 3 is 2.59 bits per heavy atom. The van der Waals surface area contributed by atoms with Gasteiger partial charge in [0.25, 0.3) is 5.69 Å². The first-order valence-electron chi connectivity index (χ1n) is 5.43. The summed E-state index contributed by atoms with van der Waals surface area (Å²) in [5.74, 6) is 0. The molecule has 0 aliphatic carbocycles. The van der Waals surface area contributed by atoms with Crippen LogP contribution in [0.3, 0.4) is 0 Å². The Bertz CT molecular complexity index is 413. The van der Waals surface area contributed by atoms with Crippen molar-refractivity contribution < 1.29 is 4.92 Å². The summed E-state index contributed by atoms with van der Waals surface area (Å²) in [5.41, 5.74) is 1.02. The summed E-state index contributed by atoms with van der Waals surface area (Å²) in [6, 6.07) is 4.87. The molecule has 1 N–H and O–H groups in total. The first kappa shape index (κ1) is 13.9. The van der Waals surface area contributed by atoms with Gasteiger partial charge in [0.05, 0.1) is 4.92 Å². The summed E-state index contributed by atoms with van der Waals surface area (Å²) < 4.78 is 0. The van der Waals surface area contributed by atoms with Crippen molar-refractivity contribution >= 4 is 17.3 Å². The normalized spacial score (nSPS) is 11.5. The highest BCUT2D eigenvalue weighted by Crippen LogP contribution is 2.25. The predicted octanol–water partition coefficient (Wildman–Crippen LogP) is 3.38. The van der Waals surface area contributed by atoms with Crippen molar-refractivity contribution in [3.05, 3.63) is 38.9 Å². The van der Waals surface area contributed by atoms with E-state index in [-0.39, 0.29) is 16.1 Å². The fourth-order valence-electron chi connectivity index (χ4n) is 1.39. The van der Waals surface area contributed by atoms with Gasteiger partial charge in [-0.15, -0.1) is 0 Å². The van der Waals surface area contributed by atoms with Crippen LogP contribution in [-0.4, -0.2) is 11.5 Å². The standard InChI is InChI=1S/C12H17ClN2O2/c1-12(2,3)8-14-7-9-4-5-10(13)11(6-9)15(16)17/h4-6,14H,7-8H2,1-3H3. The van der Waals surface area contributed by atoms with Gasteiger partial charge in [0, 0.05) is 19.2 Å². The van der Waals surface area contributed by atoms with Gasteiger partial charge in [-0.05, 0) is 17.0 Å². The van der Waals surface area contributed by atoms with Gasteiger partial charge in [-0.3, -0.25) is 10.1 Å². The van der Waals surface area contributed by atoms with Crippen LogP contribution in [0.2, 0.25) is 5.02 Å². The third-order valence-electron chi connectivity index (χ3n) is 2.19. The summed E-state index contributed by atoms with van der Waals surface area (Å²) >= 11 is 5.74. The van der Waals surface area contributed by atoms with E-state index in [0.717, 1.165) is 12.1 Å². The molecule has 17 heavy (non-hydrogen) atoms. The second-order valence-electron chi connectivity index (χ2n) is 5.21. The first-order chi connectivity index (χ1) is 7.79. The maximum Gasteiger partial charge on any atom is 0.288 e. The van der Waals surface area contributed by atoms with Crippen LogP contribution in [0.15, 0.2) is 18.2 Å². The van der Waals surface area contributed by atoms with Crippen molar-refractivity contribution in [2.24, 2.45) is 5.41 Å². The van der Waals surface area contributed by atoms with Gasteiger partial charge < -0.3 is 5.32 Å². The molecule has 0 bridgehead atoms. The van der Waals surface area contributed by atoms with Crippen molar-refractivity contribution in [1.82, 2.24) is 5.32 Å². The third kappa shape index (κ3) is 4.71. The lowest BCUT2D eigenvalue weighted by Gasteiger charge is -2.18. The van der Waals surface area contributed by atoms with Crippen LogP contribution in [0, 0.1) is 15.5 Å². The Kier molecular flexibility index (Phi) is 4.48. The Labute approximate surface area is 106 Å². The molecule has 0 amide bonds. The highest BCUT2D eigenvalue weighted by molar-refractivity contribution is 6.32. The minimum absolute atomic E-state index is 0.0401. The summed E-state index contributed by atoms with van der Waals surface area (Å²) in [5, 5.41) is 14.1. The van der Waals surface area contributed by atoms with E-state index in [2.05, 4.69) is 26.1 Å². The minimum atomic E-state index is -0.463. The molecule has 0 heterocycles. The third-order valence-corrected chi connectivity index (χ3v) is 2.51. The number of nitrogens with zero attached hydrogens (tertiary/aromatic N) is 1. The van der Waals surface area contributed by atoms with E-state index in [0.29, 0.717) is 6.54 Å². The second kappa shape index (κ2) is 5.47. The molecular weight excluding hydrogens is 240 g/mol. The minimum Gasteiger partial charge on any atom is -0.312 e. The van der Waals surface area contributed by atoms with E-state index >= 15 is 0 Å². The molecule has 1 aromatic carbocycles. The number of hydrogen-bond donors (Lipinski definition) is 1. The van der Waals surface area contributed by atoms with Crippen molar-refractivity contribution in [2.75, 3.05) is 6.54 Å². The van der Waals surface area contributed by atoms with Gasteiger partial charge >= 0.3 is 0 Å². The largest absolute Gasteiger partial charge is 0.312 e. The molecule has 0 unspecified atom stereocenters. The molecule has 4 nitrogen and oxygen atoms in total. The van der Waals surface area contributed by atoms with Gasteiger partial charge in [0.2, 0.25) is 0 Å². The van der Waals surface area contributed by atoms with Gasteiger partial charge in [-0.25, -0.2) is 0 Å². The molecule has 0 radical (unpaired) electrons. The van der Waals surface area contributed by atoms with Gasteiger partial charge in [-0.1, -0.05) is 38.4 Å². The molecule has 0 saturated heterocycles. The summed E-state index contributed by atoms with van der Waals surface area (Å²) in [6.45, 7) is 7.84. The molecule has 0 fully saturated rings. The summed E-state index contributed by atoms with van der Waals surface area (Å²) in [6.07, 6.45) is 0. The molecule has 0 saturated carbocycles. The van der Waals surface area contributed by atoms with Gasteiger partial charge in [0.15, 0.2) is 0 Å². The van der Waals surface area contributed by atoms with Crippen LogP contribution in [0.5, 0.6) is 0 Å². The van der Waals surface area contributed by atoms with Crippen LogP contribution in [-0.2, 0) is 6.54 Å². The number of rotatable bonds is 4. The number of nitro benzene ring substituents is 1. The molecule has 94 valence electrons. The van der Waals surface area contributed by atoms with E-state index in [1.807, 2.05) is 0 Å². The smallest absolute Gasteiger partial charge is 0.288 e. The van der Waals surface area contributed by atoms with Crippen LogP contribution >= 0.6 is 11.6 Å². The van der Waals surface area contributed by atoms with Crippen molar-refractivity contribution in [3.8, 4) is 0 Å². The number of benzene rings is 1. The van der Waals surface area contributed by atoms with Gasteiger partial charge in [0.1, 0.15) is 5.02 Å². The first-order valence-corrected chi connectivity index (χ1v) is 5.81. The quantitative estimate of drug-likeness (QED) is 0.664. The molecule has 0 spiro atoms. The molecular formula is C12H17ClN2O2. The Morgan fingerprint density at radius 1 is 1.41 bits per heavy atom. The van der Waals surface area contributed by atoms with Crippen molar-refractivity contribution in [1.29, 1.82) is 0 Å². The maximum absolute atomic E-state index is 10.7. The highest BCUT2D eigenvalue weighted by Gasteiger charge is 2.13. The number of halogens is 1. The average Bonchev–Trinajstić information content (AvgIpc) is 2.18. The average molecular weight is 257 g/mol. The summed E-state index contributed by atoms with van der Waals surface area (Å²) in [7, 11) is 0. The van der Waals surface area contributed by atoms with E-state index < -0.39 is 4.92 Å². The molecule has 0 atom stereocenters. The highest BCUT2D eigenvalue weighted by atomic mass is 35.5. The Hall–Kier alpha value is -1.13. The zero-order valence-electron chi connectivity index (χ0n) is 10.3. The van der Waals surface area contributed by atoms with Crippen molar-refractivity contribution in [3.63, 3.8) is 0 Å². The molecule has 0 aromatic heterocycles. The Morgan fingerprint density at radius 2 is 2.06 bits per heavy atom. The van der Waals surface area contributed by atoms with E-state index in [4.69, 9.17) is 11.6 Å². The molecule has 5 heteroatoms. The maximum atomic E-state index is 10.7. The fourth-order valence-corrected chi connectivity index (χ4v) is 1.58. The van der Waals surface area contributed by atoms with Crippen LogP contribution in [0.1, 0.15) is 26.3 Å². The zero-order valence-corrected chi connectivity index (χ0v) is 11.0. The Balaban J connectivity index is 2.67. The van der Waals surface area contributed by atoms with Gasteiger partial charge in [-0.2, -0.15) is 0 Å². The molecule has 1 aromatic rings. The second-order valence-corrected chi connectivity index (χ2v) is 5.61. The molecule has 0 aliphatic heterocycles. The van der Waals surface area contributed by atoms with Crippen molar-refractivity contribution in [2.45, 2.75) is 27.3 Å². The van der Waals surface area contributed by atoms with E-state index in [1.165, 1.54) is 6.07 Å². The molecule has 1 rings (SSSR count). The lowest BCUT2D eigenvalue weighted by molar-refractivity contribution is -0.384. The van der Waals surface area contributed by atoms with Crippen LogP contribution < -0.4 is 5.32 Å². The monoisotopic (exact) mass is 256 g/mol. The topological polar surface area (TPSA) is 55.2 Å². The number of nitro groups is 1. The summed E-state index contributed by atoms with van der Waals surface area (Å²) in [4.78, 5) is 10.2.